The normalized spacial score (nSPS) is 11.7. The van der Waals surface area contributed by atoms with Crippen LogP contribution in [-0.2, 0) is 5.41 Å². The Morgan fingerprint density at radius 2 is 1.92 bits per heavy atom. The molecule has 12 heavy (non-hydrogen) atoms. The van der Waals surface area contributed by atoms with Gasteiger partial charge in [-0.05, 0) is 11.6 Å². The van der Waals surface area contributed by atoms with E-state index in [4.69, 9.17) is 0 Å². The van der Waals surface area contributed by atoms with Gasteiger partial charge in [0.1, 0.15) is 5.82 Å². The molecule has 0 aromatic heterocycles. The van der Waals surface area contributed by atoms with E-state index in [0.717, 1.165) is 10.9 Å². The summed E-state index contributed by atoms with van der Waals surface area (Å²) in [6.07, 6.45) is 0. The summed E-state index contributed by atoms with van der Waals surface area (Å²) < 4.78 is 13.3. The SMILES string of the molecule is CC(C)(CBr)c1ccccc1F. The lowest BCUT2D eigenvalue weighted by molar-refractivity contribution is 0.531. The molecular formula is C10H12BrF. The van der Waals surface area contributed by atoms with Crippen LogP contribution in [0, 0.1) is 5.82 Å². The monoisotopic (exact) mass is 230 g/mol. The van der Waals surface area contributed by atoms with E-state index >= 15 is 0 Å². The first-order chi connectivity index (χ1) is 5.58. The molecule has 0 atom stereocenters. The Morgan fingerprint density at radius 3 is 2.42 bits per heavy atom. The quantitative estimate of drug-likeness (QED) is 0.683. The molecule has 1 aromatic carbocycles. The van der Waals surface area contributed by atoms with E-state index in [-0.39, 0.29) is 11.2 Å². The molecule has 0 amide bonds. The predicted molar refractivity (Wildman–Crippen MR) is 53.2 cm³/mol. The zero-order chi connectivity index (χ0) is 9.19. The molecular weight excluding hydrogens is 219 g/mol. The molecule has 0 aliphatic heterocycles. The summed E-state index contributed by atoms with van der Waals surface area (Å²) in [6, 6.07) is 6.91. The summed E-state index contributed by atoms with van der Waals surface area (Å²) in [4.78, 5) is 0. The second kappa shape index (κ2) is 3.56. The highest BCUT2D eigenvalue weighted by Gasteiger charge is 2.21. The molecule has 0 bridgehead atoms. The fourth-order valence-corrected chi connectivity index (χ4v) is 1.38. The second-order valence-electron chi connectivity index (χ2n) is 3.50. The van der Waals surface area contributed by atoms with Crippen LogP contribution in [0.1, 0.15) is 19.4 Å². The van der Waals surface area contributed by atoms with Gasteiger partial charge in [0.05, 0.1) is 0 Å². The van der Waals surface area contributed by atoms with Crippen molar-refractivity contribution in [2.45, 2.75) is 19.3 Å². The maximum absolute atomic E-state index is 13.3. The van der Waals surface area contributed by atoms with E-state index in [0.29, 0.717) is 0 Å². The largest absolute Gasteiger partial charge is 0.207 e. The van der Waals surface area contributed by atoms with Crippen LogP contribution >= 0.6 is 15.9 Å². The molecule has 0 spiro atoms. The first-order valence-corrected chi connectivity index (χ1v) is 5.01. The van der Waals surface area contributed by atoms with Gasteiger partial charge in [-0.2, -0.15) is 0 Å². The van der Waals surface area contributed by atoms with Crippen LogP contribution in [0.5, 0.6) is 0 Å². The van der Waals surface area contributed by atoms with Gasteiger partial charge < -0.3 is 0 Å². The molecule has 0 aliphatic rings. The molecule has 0 N–H and O–H groups in total. The standard InChI is InChI=1S/C10H12BrF/c1-10(2,7-11)8-5-3-4-6-9(8)12/h3-6H,7H2,1-2H3. The highest BCUT2D eigenvalue weighted by molar-refractivity contribution is 9.09. The van der Waals surface area contributed by atoms with Gasteiger partial charge in [-0.1, -0.05) is 48.0 Å². The number of hydrogen-bond acceptors (Lipinski definition) is 0. The molecule has 0 fully saturated rings. The Bertz CT molecular complexity index is 268. The minimum atomic E-state index is -0.134. The van der Waals surface area contributed by atoms with E-state index in [1.807, 2.05) is 26.0 Å². The van der Waals surface area contributed by atoms with Gasteiger partial charge in [0.25, 0.3) is 0 Å². The van der Waals surface area contributed by atoms with Crippen LogP contribution in [0.4, 0.5) is 4.39 Å². The molecule has 2 heteroatoms. The minimum Gasteiger partial charge on any atom is -0.207 e. The summed E-state index contributed by atoms with van der Waals surface area (Å²) in [5.74, 6) is -0.123. The second-order valence-corrected chi connectivity index (χ2v) is 4.06. The van der Waals surface area contributed by atoms with Crippen molar-refractivity contribution in [3.8, 4) is 0 Å². The third kappa shape index (κ3) is 1.86. The Labute approximate surface area is 80.9 Å². The van der Waals surface area contributed by atoms with Gasteiger partial charge in [0.2, 0.25) is 0 Å². The van der Waals surface area contributed by atoms with E-state index in [1.54, 1.807) is 6.07 Å². The number of hydrogen-bond donors (Lipinski definition) is 0. The van der Waals surface area contributed by atoms with Crippen LogP contribution in [0.15, 0.2) is 24.3 Å². The van der Waals surface area contributed by atoms with Gasteiger partial charge in [0, 0.05) is 10.7 Å². The lowest BCUT2D eigenvalue weighted by Gasteiger charge is -2.22. The average molecular weight is 231 g/mol. The summed E-state index contributed by atoms with van der Waals surface area (Å²) in [5.41, 5.74) is 0.632. The minimum absolute atomic E-state index is 0.123. The highest BCUT2D eigenvalue weighted by Crippen LogP contribution is 2.27. The molecule has 0 saturated carbocycles. The fourth-order valence-electron chi connectivity index (χ4n) is 1.08. The van der Waals surface area contributed by atoms with Gasteiger partial charge in [-0.3, -0.25) is 0 Å². The van der Waals surface area contributed by atoms with Gasteiger partial charge in [-0.25, -0.2) is 4.39 Å². The van der Waals surface area contributed by atoms with Crippen molar-refractivity contribution in [1.29, 1.82) is 0 Å². The summed E-state index contributed by atoms with van der Waals surface area (Å²) in [5, 5.41) is 0.765. The Hall–Kier alpha value is -0.370. The van der Waals surface area contributed by atoms with Crippen LogP contribution in [0.2, 0.25) is 0 Å². The van der Waals surface area contributed by atoms with E-state index in [2.05, 4.69) is 15.9 Å². The van der Waals surface area contributed by atoms with Crippen molar-refractivity contribution < 1.29 is 4.39 Å². The summed E-state index contributed by atoms with van der Waals surface area (Å²) in [7, 11) is 0. The van der Waals surface area contributed by atoms with Crippen molar-refractivity contribution in [2.24, 2.45) is 0 Å². The number of rotatable bonds is 2. The Morgan fingerprint density at radius 1 is 1.33 bits per heavy atom. The van der Waals surface area contributed by atoms with E-state index < -0.39 is 0 Å². The lowest BCUT2D eigenvalue weighted by atomic mass is 9.87. The maximum Gasteiger partial charge on any atom is 0.126 e. The molecule has 0 saturated heterocycles. The van der Waals surface area contributed by atoms with Crippen molar-refractivity contribution in [1.82, 2.24) is 0 Å². The Kier molecular flexibility index (Phi) is 2.89. The average Bonchev–Trinajstić information content (AvgIpc) is 2.05. The smallest absolute Gasteiger partial charge is 0.126 e. The maximum atomic E-state index is 13.3. The van der Waals surface area contributed by atoms with Gasteiger partial charge >= 0.3 is 0 Å². The molecule has 1 aromatic rings. The highest BCUT2D eigenvalue weighted by atomic mass is 79.9. The topological polar surface area (TPSA) is 0 Å². The molecule has 1 rings (SSSR count). The summed E-state index contributed by atoms with van der Waals surface area (Å²) in [6.45, 7) is 4.03. The van der Waals surface area contributed by atoms with Crippen LogP contribution in [0.25, 0.3) is 0 Å². The third-order valence-corrected chi connectivity index (χ3v) is 3.34. The summed E-state index contributed by atoms with van der Waals surface area (Å²) >= 11 is 3.38. The van der Waals surface area contributed by atoms with Crippen molar-refractivity contribution in [3.05, 3.63) is 35.6 Å². The Balaban J connectivity index is 3.10. The van der Waals surface area contributed by atoms with Crippen molar-refractivity contribution in [2.75, 3.05) is 5.33 Å². The van der Waals surface area contributed by atoms with E-state index in [9.17, 15) is 4.39 Å². The third-order valence-electron chi connectivity index (χ3n) is 1.94. The van der Waals surface area contributed by atoms with Crippen LogP contribution in [0.3, 0.4) is 0 Å². The first-order valence-electron chi connectivity index (χ1n) is 3.89. The van der Waals surface area contributed by atoms with Crippen molar-refractivity contribution >= 4 is 15.9 Å². The first kappa shape index (κ1) is 9.72. The van der Waals surface area contributed by atoms with Gasteiger partial charge in [-0.15, -0.1) is 0 Å². The molecule has 0 heterocycles. The van der Waals surface area contributed by atoms with E-state index in [1.165, 1.54) is 6.07 Å². The molecule has 0 radical (unpaired) electrons. The predicted octanol–water partition coefficient (Wildman–Crippen LogP) is 3.50. The van der Waals surface area contributed by atoms with Crippen LogP contribution < -0.4 is 0 Å². The van der Waals surface area contributed by atoms with Gasteiger partial charge in [0.15, 0.2) is 0 Å². The fraction of sp³-hybridized carbons (Fsp3) is 0.400. The number of benzene rings is 1. The molecule has 0 unspecified atom stereocenters. The molecule has 0 aliphatic carbocycles. The zero-order valence-corrected chi connectivity index (χ0v) is 8.86. The zero-order valence-electron chi connectivity index (χ0n) is 7.27. The van der Waals surface area contributed by atoms with Crippen molar-refractivity contribution in [3.63, 3.8) is 0 Å². The van der Waals surface area contributed by atoms with Crippen LogP contribution in [-0.4, -0.2) is 5.33 Å². The molecule has 66 valence electrons. The molecule has 0 nitrogen and oxygen atoms in total. The lowest BCUT2D eigenvalue weighted by Crippen LogP contribution is -2.20. The number of halogens is 2. The number of alkyl halides is 1.